The maximum Gasteiger partial charge on any atom is 0.234 e. The summed E-state index contributed by atoms with van der Waals surface area (Å²) in [6.45, 7) is 6.05. The molecule has 1 atom stereocenters. The lowest BCUT2D eigenvalue weighted by molar-refractivity contribution is -0.123. The molecule has 4 rings (SSSR count). The number of methoxy groups -OCH3 is 2. The van der Waals surface area contributed by atoms with Crippen molar-refractivity contribution in [1.29, 1.82) is 0 Å². The molecule has 2 aliphatic heterocycles. The molecule has 2 aromatic rings. The van der Waals surface area contributed by atoms with Crippen molar-refractivity contribution < 1.29 is 19.0 Å². The highest BCUT2D eigenvalue weighted by molar-refractivity contribution is 5.78. The van der Waals surface area contributed by atoms with Gasteiger partial charge in [-0.1, -0.05) is 18.2 Å². The molecule has 0 aliphatic carbocycles. The van der Waals surface area contributed by atoms with Crippen LogP contribution in [0.5, 0.6) is 17.2 Å². The third kappa shape index (κ3) is 4.24. The molecule has 0 saturated heterocycles. The Morgan fingerprint density at radius 3 is 2.60 bits per heavy atom. The Morgan fingerprint density at radius 1 is 1.17 bits per heavy atom. The molecule has 2 heterocycles. The van der Waals surface area contributed by atoms with E-state index in [4.69, 9.17) is 14.2 Å². The van der Waals surface area contributed by atoms with Gasteiger partial charge in [0.05, 0.1) is 26.8 Å². The number of fused-ring (bicyclic) bond motifs is 2. The maximum absolute atomic E-state index is 12.9. The minimum absolute atomic E-state index is 0.0384. The van der Waals surface area contributed by atoms with Crippen LogP contribution in [0.25, 0.3) is 0 Å². The molecule has 0 fully saturated rings. The molecule has 2 aromatic carbocycles. The van der Waals surface area contributed by atoms with Crippen LogP contribution in [0.4, 0.5) is 0 Å². The van der Waals surface area contributed by atoms with Crippen molar-refractivity contribution in [1.82, 2.24) is 10.2 Å². The third-order valence-corrected chi connectivity index (χ3v) is 5.88. The smallest absolute Gasteiger partial charge is 0.234 e. The lowest BCUT2D eigenvalue weighted by Crippen LogP contribution is -2.45. The van der Waals surface area contributed by atoms with Crippen molar-refractivity contribution in [2.24, 2.45) is 0 Å². The van der Waals surface area contributed by atoms with Gasteiger partial charge >= 0.3 is 0 Å². The third-order valence-electron chi connectivity index (χ3n) is 5.88. The van der Waals surface area contributed by atoms with Gasteiger partial charge in [-0.15, -0.1) is 0 Å². The average molecular weight is 411 g/mol. The lowest BCUT2D eigenvalue weighted by atomic mass is 9.89. The van der Waals surface area contributed by atoms with Crippen LogP contribution in [0, 0.1) is 0 Å². The number of hydrogen-bond donors (Lipinski definition) is 1. The summed E-state index contributed by atoms with van der Waals surface area (Å²) in [5.41, 5.74) is 3.17. The van der Waals surface area contributed by atoms with Crippen molar-refractivity contribution in [2.75, 3.05) is 27.3 Å². The van der Waals surface area contributed by atoms with Crippen LogP contribution in [0.1, 0.15) is 43.0 Å². The molecule has 2 aliphatic rings. The van der Waals surface area contributed by atoms with E-state index in [0.717, 1.165) is 48.7 Å². The summed E-state index contributed by atoms with van der Waals surface area (Å²) in [6, 6.07) is 12.0. The van der Waals surface area contributed by atoms with Crippen LogP contribution in [-0.2, 0) is 17.8 Å². The Bertz CT molecular complexity index is 941. The Balaban J connectivity index is 1.43. The second-order valence-corrected chi connectivity index (χ2v) is 8.66. The van der Waals surface area contributed by atoms with E-state index < -0.39 is 0 Å². The van der Waals surface area contributed by atoms with Gasteiger partial charge in [-0.25, -0.2) is 0 Å². The predicted molar refractivity (Wildman–Crippen MR) is 115 cm³/mol. The first kappa shape index (κ1) is 20.5. The van der Waals surface area contributed by atoms with Crippen molar-refractivity contribution in [3.05, 3.63) is 53.1 Å². The second kappa shape index (κ2) is 8.19. The lowest BCUT2D eigenvalue weighted by Gasteiger charge is -2.38. The van der Waals surface area contributed by atoms with Crippen molar-refractivity contribution >= 4 is 5.91 Å². The van der Waals surface area contributed by atoms with Crippen molar-refractivity contribution in [3.63, 3.8) is 0 Å². The number of hydrogen-bond acceptors (Lipinski definition) is 5. The Kier molecular flexibility index (Phi) is 5.60. The van der Waals surface area contributed by atoms with E-state index in [9.17, 15) is 4.79 Å². The topological polar surface area (TPSA) is 60.0 Å². The number of amides is 1. The van der Waals surface area contributed by atoms with Gasteiger partial charge in [-0.2, -0.15) is 0 Å². The van der Waals surface area contributed by atoms with Gasteiger partial charge in [-0.3, -0.25) is 9.69 Å². The molecule has 160 valence electrons. The summed E-state index contributed by atoms with van der Waals surface area (Å²) in [6.07, 6.45) is 1.63. The highest BCUT2D eigenvalue weighted by Gasteiger charge is 2.34. The summed E-state index contributed by atoms with van der Waals surface area (Å²) in [5, 5.41) is 3.24. The first-order valence-corrected chi connectivity index (χ1v) is 10.4. The SMILES string of the molecule is COc1cc2c(cc1OC)CN(CC(=O)N[C@@H]1CC(C)(C)Oc3ccccc31)CC2. The number of nitrogens with zero attached hydrogens (tertiary/aromatic N) is 1. The maximum atomic E-state index is 12.9. The van der Waals surface area contributed by atoms with Gasteiger partial charge in [0.2, 0.25) is 5.91 Å². The zero-order valence-electron chi connectivity index (χ0n) is 18.2. The molecule has 6 nitrogen and oxygen atoms in total. The molecule has 0 radical (unpaired) electrons. The largest absolute Gasteiger partial charge is 0.493 e. The molecule has 0 bridgehead atoms. The van der Waals surface area contributed by atoms with E-state index in [1.165, 1.54) is 11.1 Å². The summed E-state index contributed by atoms with van der Waals surface area (Å²) in [5.74, 6) is 2.37. The fourth-order valence-electron chi connectivity index (χ4n) is 4.45. The standard InChI is InChI=1S/C24H30N2O4/c1-24(2)13-19(18-7-5-6-8-20(18)30-24)25-23(27)15-26-10-9-16-11-21(28-3)22(29-4)12-17(16)14-26/h5-8,11-12,19H,9-10,13-15H2,1-4H3,(H,25,27)/t19-/m1/s1. The fourth-order valence-corrected chi connectivity index (χ4v) is 4.45. The normalized spacial score (nSPS) is 19.8. The predicted octanol–water partition coefficient (Wildman–Crippen LogP) is 3.48. The summed E-state index contributed by atoms with van der Waals surface area (Å²) in [7, 11) is 3.30. The van der Waals surface area contributed by atoms with E-state index in [1.54, 1.807) is 14.2 Å². The zero-order chi connectivity index (χ0) is 21.3. The zero-order valence-corrected chi connectivity index (χ0v) is 18.2. The summed E-state index contributed by atoms with van der Waals surface area (Å²) >= 11 is 0. The quantitative estimate of drug-likeness (QED) is 0.818. The molecule has 1 N–H and O–H groups in total. The summed E-state index contributed by atoms with van der Waals surface area (Å²) in [4.78, 5) is 15.1. The van der Waals surface area contributed by atoms with Gasteiger partial charge < -0.3 is 19.5 Å². The molecular formula is C24H30N2O4. The van der Waals surface area contributed by atoms with Crippen LogP contribution in [-0.4, -0.2) is 43.7 Å². The molecule has 1 amide bonds. The molecule has 0 spiro atoms. The monoisotopic (exact) mass is 410 g/mol. The Labute approximate surface area is 178 Å². The van der Waals surface area contributed by atoms with E-state index in [0.29, 0.717) is 6.54 Å². The van der Waals surface area contributed by atoms with Crippen LogP contribution in [0.3, 0.4) is 0 Å². The van der Waals surface area contributed by atoms with Gasteiger partial charge in [-0.05, 0) is 49.6 Å². The molecule has 30 heavy (non-hydrogen) atoms. The first-order chi connectivity index (χ1) is 14.4. The molecular weight excluding hydrogens is 380 g/mol. The number of carbonyl (C=O) groups excluding carboxylic acids is 1. The Hall–Kier alpha value is -2.73. The van der Waals surface area contributed by atoms with Gasteiger partial charge in [0.25, 0.3) is 0 Å². The number of para-hydroxylation sites is 1. The minimum Gasteiger partial charge on any atom is -0.493 e. The summed E-state index contributed by atoms with van der Waals surface area (Å²) < 4.78 is 16.9. The molecule has 0 aromatic heterocycles. The number of rotatable bonds is 5. The fraction of sp³-hybridized carbons (Fsp3) is 0.458. The highest BCUT2D eigenvalue weighted by Crippen LogP contribution is 2.39. The highest BCUT2D eigenvalue weighted by atomic mass is 16.5. The van der Waals surface area contributed by atoms with Crippen molar-refractivity contribution in [3.8, 4) is 17.2 Å². The molecule has 0 unspecified atom stereocenters. The van der Waals surface area contributed by atoms with E-state index in [1.807, 2.05) is 36.4 Å². The first-order valence-electron chi connectivity index (χ1n) is 10.4. The Morgan fingerprint density at radius 2 is 1.87 bits per heavy atom. The number of benzene rings is 2. The second-order valence-electron chi connectivity index (χ2n) is 8.66. The number of carbonyl (C=O) groups is 1. The molecule has 0 saturated carbocycles. The van der Waals surface area contributed by atoms with Crippen LogP contribution in [0.15, 0.2) is 36.4 Å². The van der Waals surface area contributed by atoms with Gasteiger partial charge in [0.15, 0.2) is 11.5 Å². The van der Waals surface area contributed by atoms with E-state index in [2.05, 4.69) is 24.1 Å². The van der Waals surface area contributed by atoms with Crippen LogP contribution in [0.2, 0.25) is 0 Å². The number of nitrogens with one attached hydrogen (secondary N) is 1. The average Bonchev–Trinajstić information content (AvgIpc) is 2.71. The van der Waals surface area contributed by atoms with E-state index in [-0.39, 0.29) is 17.6 Å². The van der Waals surface area contributed by atoms with Crippen LogP contribution < -0.4 is 19.5 Å². The molecule has 6 heteroatoms. The minimum atomic E-state index is -0.314. The number of ether oxygens (including phenoxy) is 3. The van der Waals surface area contributed by atoms with Gasteiger partial charge in [0.1, 0.15) is 11.4 Å². The van der Waals surface area contributed by atoms with Gasteiger partial charge in [0, 0.05) is 25.1 Å². The van der Waals surface area contributed by atoms with E-state index >= 15 is 0 Å². The van der Waals surface area contributed by atoms with Crippen LogP contribution >= 0.6 is 0 Å². The van der Waals surface area contributed by atoms with Crippen molar-refractivity contribution in [2.45, 2.75) is 44.9 Å².